The van der Waals surface area contributed by atoms with Crippen molar-refractivity contribution in [3.05, 3.63) is 124 Å². The van der Waals surface area contributed by atoms with Gasteiger partial charge in [-0.3, -0.25) is 9.36 Å². The lowest BCUT2D eigenvalue weighted by molar-refractivity contribution is -0.139. The van der Waals surface area contributed by atoms with Crippen molar-refractivity contribution in [1.29, 1.82) is 0 Å². The Morgan fingerprint density at radius 3 is 2.53 bits per heavy atom. The quantitative estimate of drug-likeness (QED) is 0.203. The number of hydrogen-bond acceptors (Lipinski definition) is 8. The number of allylic oxidation sites excluding steroid dienone is 1. The van der Waals surface area contributed by atoms with E-state index in [9.17, 15) is 14.4 Å². The highest BCUT2D eigenvalue weighted by atomic mass is 79.9. The number of aromatic carboxylic acids is 1. The molecule has 4 aromatic rings. The van der Waals surface area contributed by atoms with Crippen LogP contribution in [0.25, 0.3) is 6.08 Å². The molecule has 232 valence electrons. The highest BCUT2D eigenvalue weighted by Gasteiger charge is 2.34. The zero-order chi connectivity index (χ0) is 32.1. The van der Waals surface area contributed by atoms with E-state index in [-0.39, 0.29) is 24.3 Å². The van der Waals surface area contributed by atoms with Gasteiger partial charge in [-0.2, -0.15) is 0 Å². The number of nitrogens with zero attached hydrogens (tertiary/aromatic N) is 2. The highest BCUT2D eigenvalue weighted by molar-refractivity contribution is 9.10. The molecule has 1 aliphatic heterocycles. The maximum atomic E-state index is 14.0. The number of rotatable bonds is 11. The van der Waals surface area contributed by atoms with Gasteiger partial charge >= 0.3 is 11.9 Å². The fourth-order valence-electron chi connectivity index (χ4n) is 5.03. The van der Waals surface area contributed by atoms with Crippen LogP contribution in [0.3, 0.4) is 0 Å². The molecule has 0 radical (unpaired) electrons. The topological polar surface area (TPSA) is 116 Å². The Morgan fingerprint density at radius 1 is 1.09 bits per heavy atom. The smallest absolute Gasteiger partial charge is 0.338 e. The summed E-state index contributed by atoms with van der Waals surface area (Å²) < 4.78 is 19.6. The van der Waals surface area contributed by atoms with Crippen LogP contribution in [0.1, 0.15) is 59.8 Å². The molecule has 0 saturated heterocycles. The van der Waals surface area contributed by atoms with Crippen molar-refractivity contribution in [2.24, 2.45) is 4.99 Å². The molecule has 1 aromatic heterocycles. The third-order valence-corrected chi connectivity index (χ3v) is 8.75. The summed E-state index contributed by atoms with van der Waals surface area (Å²) in [7, 11) is 1.57. The summed E-state index contributed by atoms with van der Waals surface area (Å²) >= 11 is 4.83. The number of carbonyl (C=O) groups is 2. The monoisotopic (exact) mass is 690 g/mol. The average Bonchev–Trinajstić information content (AvgIpc) is 3.34. The Hall–Kier alpha value is -4.48. The van der Waals surface area contributed by atoms with Gasteiger partial charge in [0.25, 0.3) is 5.56 Å². The first-order valence-corrected chi connectivity index (χ1v) is 16.0. The fraction of sp³-hybridized carbons (Fsp3) is 0.235. The molecule has 0 saturated carbocycles. The standard InChI is InChI=1S/C34H31BrN2O7S/c1-4-7-26-29(33(41)43-5-2)30(23-8-6-9-24(18-23)42-3)37-31(38)28(45-34(37)36-26)17-21-12-15-27(25(35)16-21)44-19-20-10-13-22(14-11-20)32(39)40/h6,8-18,30H,4-5,7,19H2,1-3H3,(H,39,40)/b28-17+/t30-/m0/s1. The van der Waals surface area contributed by atoms with Gasteiger partial charge in [-0.1, -0.05) is 55.0 Å². The number of carboxylic acid groups (broad SMARTS) is 1. The number of carbonyl (C=O) groups excluding carboxylic acids is 1. The van der Waals surface area contributed by atoms with Gasteiger partial charge < -0.3 is 19.3 Å². The molecular weight excluding hydrogens is 660 g/mol. The van der Waals surface area contributed by atoms with Crippen molar-refractivity contribution >= 4 is 45.3 Å². The number of aromatic nitrogens is 1. The van der Waals surface area contributed by atoms with Gasteiger partial charge in [0.1, 0.15) is 18.1 Å². The van der Waals surface area contributed by atoms with E-state index in [1.807, 2.05) is 43.3 Å². The van der Waals surface area contributed by atoms with Crippen LogP contribution in [0.5, 0.6) is 11.5 Å². The summed E-state index contributed by atoms with van der Waals surface area (Å²) in [5, 5.41) is 9.10. The lowest BCUT2D eigenvalue weighted by Gasteiger charge is -2.26. The number of esters is 1. The molecule has 1 N–H and O–H groups in total. The summed E-state index contributed by atoms with van der Waals surface area (Å²) in [4.78, 5) is 43.8. The van der Waals surface area contributed by atoms with Crippen LogP contribution in [-0.4, -0.2) is 35.3 Å². The van der Waals surface area contributed by atoms with Crippen LogP contribution in [0.2, 0.25) is 0 Å². The zero-order valence-corrected chi connectivity index (χ0v) is 27.3. The Morgan fingerprint density at radius 2 is 1.87 bits per heavy atom. The maximum absolute atomic E-state index is 14.0. The lowest BCUT2D eigenvalue weighted by atomic mass is 9.94. The van der Waals surface area contributed by atoms with E-state index in [0.717, 1.165) is 23.1 Å². The normalized spacial score (nSPS) is 14.5. The van der Waals surface area contributed by atoms with Crippen molar-refractivity contribution in [3.63, 3.8) is 0 Å². The van der Waals surface area contributed by atoms with Crippen molar-refractivity contribution in [1.82, 2.24) is 4.57 Å². The van der Waals surface area contributed by atoms with Crippen LogP contribution in [0.15, 0.2) is 92.3 Å². The minimum absolute atomic E-state index is 0.197. The van der Waals surface area contributed by atoms with E-state index in [0.29, 0.717) is 43.0 Å². The van der Waals surface area contributed by atoms with E-state index in [2.05, 4.69) is 15.9 Å². The molecule has 0 spiro atoms. The lowest BCUT2D eigenvalue weighted by Crippen LogP contribution is -2.40. The number of halogens is 1. The molecule has 9 nitrogen and oxygen atoms in total. The zero-order valence-electron chi connectivity index (χ0n) is 24.9. The molecule has 0 fully saturated rings. The molecule has 3 aromatic carbocycles. The summed E-state index contributed by atoms with van der Waals surface area (Å²) in [5.41, 5.74) is 3.21. The van der Waals surface area contributed by atoms with Crippen LogP contribution < -0.4 is 24.4 Å². The predicted octanol–water partition coefficient (Wildman–Crippen LogP) is 5.63. The second-order valence-corrected chi connectivity index (χ2v) is 12.0. The third-order valence-electron chi connectivity index (χ3n) is 7.15. The summed E-state index contributed by atoms with van der Waals surface area (Å²) in [6, 6.07) is 18.6. The number of ether oxygens (including phenoxy) is 3. The molecule has 2 heterocycles. The van der Waals surface area contributed by atoms with Gasteiger partial charge in [-0.15, -0.1) is 0 Å². The van der Waals surface area contributed by atoms with Gasteiger partial charge in [-0.05, 0) is 88.4 Å². The Balaban J connectivity index is 1.52. The average molecular weight is 692 g/mol. The number of thiazole rings is 1. The van der Waals surface area contributed by atoms with Crippen molar-refractivity contribution in [2.75, 3.05) is 13.7 Å². The summed E-state index contributed by atoms with van der Waals surface area (Å²) in [5.74, 6) is -0.275. The van der Waals surface area contributed by atoms with Crippen molar-refractivity contribution in [2.45, 2.75) is 39.3 Å². The molecule has 0 aliphatic carbocycles. The molecule has 0 amide bonds. The van der Waals surface area contributed by atoms with Crippen LogP contribution in [0.4, 0.5) is 0 Å². The molecule has 1 atom stereocenters. The second-order valence-electron chi connectivity index (χ2n) is 10.2. The van der Waals surface area contributed by atoms with Crippen LogP contribution in [-0.2, 0) is 16.1 Å². The second kappa shape index (κ2) is 14.1. The first kappa shape index (κ1) is 31.9. The Labute approximate surface area is 271 Å². The number of benzene rings is 3. The van der Waals surface area contributed by atoms with E-state index >= 15 is 0 Å². The molecule has 11 heteroatoms. The van der Waals surface area contributed by atoms with E-state index in [1.54, 1.807) is 42.9 Å². The predicted molar refractivity (Wildman–Crippen MR) is 175 cm³/mol. The molecular formula is C34H31BrN2O7S. The molecule has 5 rings (SSSR count). The van der Waals surface area contributed by atoms with Crippen LogP contribution in [0, 0.1) is 0 Å². The molecule has 1 aliphatic rings. The Bertz CT molecular complexity index is 1960. The first-order valence-electron chi connectivity index (χ1n) is 14.3. The molecule has 0 unspecified atom stereocenters. The minimum Gasteiger partial charge on any atom is -0.497 e. The maximum Gasteiger partial charge on any atom is 0.338 e. The third kappa shape index (κ3) is 6.94. The number of carboxylic acids is 1. The SMILES string of the molecule is CCCC1=C(C(=O)OCC)[C@H](c2cccc(OC)c2)n2c(s/c(=C/c3ccc(OCc4ccc(C(=O)O)cc4)c(Br)c3)c2=O)=N1. The summed E-state index contributed by atoms with van der Waals surface area (Å²) in [6.07, 6.45) is 3.11. The van der Waals surface area contributed by atoms with Gasteiger partial charge in [0.15, 0.2) is 4.80 Å². The first-order chi connectivity index (χ1) is 21.7. The van der Waals surface area contributed by atoms with E-state index in [1.165, 1.54) is 23.5 Å². The number of hydrogen-bond donors (Lipinski definition) is 1. The van der Waals surface area contributed by atoms with Gasteiger partial charge in [0.2, 0.25) is 0 Å². The van der Waals surface area contributed by atoms with Gasteiger partial charge in [-0.25, -0.2) is 14.6 Å². The largest absolute Gasteiger partial charge is 0.497 e. The molecule has 0 bridgehead atoms. The van der Waals surface area contributed by atoms with Gasteiger partial charge in [0, 0.05) is 0 Å². The fourth-order valence-corrected chi connectivity index (χ4v) is 6.56. The van der Waals surface area contributed by atoms with Crippen molar-refractivity contribution < 1.29 is 28.9 Å². The highest BCUT2D eigenvalue weighted by Crippen LogP contribution is 2.34. The van der Waals surface area contributed by atoms with E-state index < -0.39 is 18.0 Å². The van der Waals surface area contributed by atoms with E-state index in [4.69, 9.17) is 24.3 Å². The summed E-state index contributed by atoms with van der Waals surface area (Å²) in [6.45, 7) is 4.22. The number of methoxy groups -OCH3 is 1. The Kier molecular flexibility index (Phi) is 9.99. The van der Waals surface area contributed by atoms with Crippen LogP contribution >= 0.6 is 27.3 Å². The number of fused-ring (bicyclic) bond motifs is 1. The molecule has 45 heavy (non-hydrogen) atoms. The van der Waals surface area contributed by atoms with Gasteiger partial charge in [0.05, 0.1) is 45.6 Å². The van der Waals surface area contributed by atoms with Crippen molar-refractivity contribution in [3.8, 4) is 11.5 Å². The minimum atomic E-state index is -0.982.